The van der Waals surface area contributed by atoms with Crippen LogP contribution in [0.25, 0.3) is 0 Å². The Morgan fingerprint density at radius 2 is 1.50 bits per heavy atom. The van der Waals surface area contributed by atoms with Gasteiger partial charge in [0.2, 0.25) is 0 Å². The van der Waals surface area contributed by atoms with E-state index in [1.165, 1.54) is 0 Å². The number of hydrogen-bond acceptors (Lipinski definition) is 4. The van der Waals surface area contributed by atoms with Gasteiger partial charge in [0.05, 0.1) is 18.2 Å². The largest absolute Gasteiger partial charge is 0.387 e. The van der Waals surface area contributed by atoms with Crippen LogP contribution < -0.4 is 22.1 Å². The molecule has 1 aliphatic rings. The summed E-state index contributed by atoms with van der Waals surface area (Å²) >= 11 is 0. The Labute approximate surface area is 143 Å². The summed E-state index contributed by atoms with van der Waals surface area (Å²) in [6.45, 7) is 0.836. The first-order chi connectivity index (χ1) is 11.8. The number of nitrogens with one attached hydrogen (secondary N) is 2. The van der Waals surface area contributed by atoms with Gasteiger partial charge in [-0.1, -0.05) is 72.8 Å². The molecule has 4 heteroatoms. The van der Waals surface area contributed by atoms with E-state index < -0.39 is 0 Å². The second-order valence-electron chi connectivity index (χ2n) is 5.92. The van der Waals surface area contributed by atoms with Gasteiger partial charge in [-0.3, -0.25) is 5.32 Å². The lowest BCUT2D eigenvalue weighted by atomic mass is 9.92. The van der Waals surface area contributed by atoms with Crippen molar-refractivity contribution in [3.63, 3.8) is 0 Å². The van der Waals surface area contributed by atoms with E-state index in [9.17, 15) is 0 Å². The van der Waals surface area contributed by atoms with Gasteiger partial charge in [-0.15, -0.1) is 0 Å². The Kier molecular flexibility index (Phi) is 5.43. The highest BCUT2D eigenvalue weighted by atomic mass is 15.1. The maximum atomic E-state index is 6.57. The molecule has 1 heterocycles. The van der Waals surface area contributed by atoms with Crippen molar-refractivity contribution in [2.45, 2.75) is 18.2 Å². The van der Waals surface area contributed by atoms with Crippen molar-refractivity contribution in [3.8, 4) is 0 Å². The molecule has 2 aromatic carbocycles. The SMILES string of the molecule is NC(NC(c1ccccc1)[C@@H](N)C1=CNCC=C1)c1ccccc1. The van der Waals surface area contributed by atoms with Gasteiger partial charge in [0.1, 0.15) is 0 Å². The van der Waals surface area contributed by atoms with Crippen LogP contribution in [-0.2, 0) is 0 Å². The minimum Gasteiger partial charge on any atom is -0.387 e. The standard InChI is InChI=1S/C20H24N4/c21-18(17-12-7-13-23-14-17)19(15-8-3-1-4-9-15)24-20(22)16-10-5-2-6-11-16/h1-12,14,18-20,23-24H,13,21-22H2/t18-,19?,20?/m0/s1. The molecule has 0 saturated carbocycles. The van der Waals surface area contributed by atoms with Gasteiger partial charge >= 0.3 is 0 Å². The number of dihydropyridines is 1. The third-order valence-corrected chi connectivity index (χ3v) is 4.24. The van der Waals surface area contributed by atoms with Crippen LogP contribution in [0.3, 0.4) is 0 Å². The van der Waals surface area contributed by atoms with Crippen LogP contribution in [-0.4, -0.2) is 12.6 Å². The van der Waals surface area contributed by atoms with Gasteiger partial charge in [-0.2, -0.15) is 0 Å². The van der Waals surface area contributed by atoms with Crippen molar-refractivity contribution < 1.29 is 0 Å². The molecule has 0 aromatic heterocycles. The predicted octanol–water partition coefficient (Wildman–Crippen LogP) is 2.35. The molecule has 0 fully saturated rings. The fourth-order valence-corrected chi connectivity index (χ4v) is 2.91. The van der Waals surface area contributed by atoms with Gasteiger partial charge < -0.3 is 16.8 Å². The van der Waals surface area contributed by atoms with E-state index in [0.29, 0.717) is 0 Å². The Morgan fingerprint density at radius 3 is 2.08 bits per heavy atom. The summed E-state index contributed by atoms with van der Waals surface area (Å²) in [6, 6.07) is 19.9. The molecule has 24 heavy (non-hydrogen) atoms. The Hall–Kier alpha value is -2.40. The van der Waals surface area contributed by atoms with Gasteiger partial charge in [0.25, 0.3) is 0 Å². The number of nitrogens with two attached hydrogens (primary N) is 2. The lowest BCUT2D eigenvalue weighted by Gasteiger charge is -2.30. The molecule has 6 N–H and O–H groups in total. The molecular formula is C20H24N4. The summed E-state index contributed by atoms with van der Waals surface area (Å²) in [7, 11) is 0. The lowest BCUT2D eigenvalue weighted by Crippen LogP contribution is -2.43. The molecule has 0 amide bonds. The van der Waals surface area contributed by atoms with E-state index in [1.54, 1.807) is 0 Å². The second kappa shape index (κ2) is 7.93. The highest BCUT2D eigenvalue weighted by molar-refractivity contribution is 5.33. The smallest absolute Gasteiger partial charge is 0.0815 e. The summed E-state index contributed by atoms with van der Waals surface area (Å²) in [5.41, 5.74) is 16.2. The number of rotatable bonds is 6. The number of hydrogen-bond donors (Lipinski definition) is 4. The summed E-state index contributed by atoms with van der Waals surface area (Å²) in [5.74, 6) is 0. The molecule has 0 saturated heterocycles. The third-order valence-electron chi connectivity index (χ3n) is 4.24. The monoisotopic (exact) mass is 320 g/mol. The molecular weight excluding hydrogens is 296 g/mol. The zero-order chi connectivity index (χ0) is 16.8. The van der Waals surface area contributed by atoms with Crippen molar-refractivity contribution in [1.82, 2.24) is 10.6 Å². The highest BCUT2D eigenvalue weighted by Crippen LogP contribution is 2.24. The average molecular weight is 320 g/mol. The summed E-state index contributed by atoms with van der Waals surface area (Å²) in [5, 5.41) is 6.72. The molecule has 124 valence electrons. The van der Waals surface area contributed by atoms with E-state index in [-0.39, 0.29) is 18.2 Å². The Balaban J connectivity index is 1.85. The Bertz CT molecular complexity index is 694. The molecule has 0 spiro atoms. The molecule has 0 aliphatic carbocycles. The minimum absolute atomic E-state index is 0.0859. The fraction of sp³-hybridized carbons (Fsp3) is 0.200. The van der Waals surface area contributed by atoms with Crippen molar-refractivity contribution in [2.24, 2.45) is 11.5 Å². The van der Waals surface area contributed by atoms with E-state index in [0.717, 1.165) is 23.2 Å². The van der Waals surface area contributed by atoms with Gasteiger partial charge in [0.15, 0.2) is 0 Å². The zero-order valence-corrected chi connectivity index (χ0v) is 13.6. The molecule has 2 aromatic rings. The van der Waals surface area contributed by atoms with Gasteiger partial charge in [-0.25, -0.2) is 0 Å². The van der Waals surface area contributed by atoms with Crippen molar-refractivity contribution in [2.75, 3.05) is 6.54 Å². The van der Waals surface area contributed by atoms with E-state index in [2.05, 4.69) is 34.9 Å². The van der Waals surface area contributed by atoms with Crippen LogP contribution in [0.15, 0.2) is 84.6 Å². The van der Waals surface area contributed by atoms with Crippen molar-refractivity contribution in [3.05, 3.63) is 95.7 Å². The van der Waals surface area contributed by atoms with Crippen LogP contribution >= 0.6 is 0 Å². The first-order valence-electron chi connectivity index (χ1n) is 8.23. The molecule has 3 rings (SSSR count). The molecule has 2 unspecified atom stereocenters. The number of benzene rings is 2. The van der Waals surface area contributed by atoms with Crippen LogP contribution in [0.4, 0.5) is 0 Å². The minimum atomic E-state index is -0.288. The lowest BCUT2D eigenvalue weighted by molar-refractivity contribution is 0.417. The average Bonchev–Trinajstić information content (AvgIpc) is 2.67. The highest BCUT2D eigenvalue weighted by Gasteiger charge is 2.24. The fourth-order valence-electron chi connectivity index (χ4n) is 2.91. The van der Waals surface area contributed by atoms with Crippen LogP contribution in [0, 0.1) is 0 Å². The summed E-state index contributed by atoms with van der Waals surface area (Å²) in [4.78, 5) is 0. The molecule has 0 radical (unpaired) electrons. The van der Waals surface area contributed by atoms with Crippen LogP contribution in [0.2, 0.25) is 0 Å². The first kappa shape index (κ1) is 16.5. The summed E-state index contributed by atoms with van der Waals surface area (Å²) in [6.07, 6.45) is 5.85. The maximum absolute atomic E-state index is 6.57. The van der Waals surface area contributed by atoms with Gasteiger partial charge in [-0.05, 0) is 16.7 Å². The van der Waals surface area contributed by atoms with E-state index in [1.807, 2.05) is 54.7 Å². The Morgan fingerprint density at radius 1 is 0.875 bits per heavy atom. The normalized spacial score (nSPS) is 17.5. The van der Waals surface area contributed by atoms with Crippen molar-refractivity contribution >= 4 is 0 Å². The zero-order valence-electron chi connectivity index (χ0n) is 13.6. The first-order valence-corrected chi connectivity index (χ1v) is 8.23. The molecule has 1 aliphatic heterocycles. The quantitative estimate of drug-likeness (QED) is 0.616. The maximum Gasteiger partial charge on any atom is 0.0815 e. The third kappa shape index (κ3) is 3.92. The van der Waals surface area contributed by atoms with E-state index in [4.69, 9.17) is 11.5 Å². The molecule has 0 bridgehead atoms. The topological polar surface area (TPSA) is 76.1 Å². The molecule has 4 nitrogen and oxygen atoms in total. The second-order valence-corrected chi connectivity index (χ2v) is 5.92. The van der Waals surface area contributed by atoms with Crippen molar-refractivity contribution in [1.29, 1.82) is 0 Å². The molecule has 3 atom stereocenters. The summed E-state index contributed by atoms with van der Waals surface area (Å²) < 4.78 is 0. The van der Waals surface area contributed by atoms with Gasteiger partial charge in [0, 0.05) is 12.7 Å². The van der Waals surface area contributed by atoms with Crippen LogP contribution in [0.1, 0.15) is 23.3 Å². The predicted molar refractivity (Wildman–Crippen MR) is 98.9 cm³/mol. The van der Waals surface area contributed by atoms with Crippen LogP contribution in [0.5, 0.6) is 0 Å². The van der Waals surface area contributed by atoms with E-state index >= 15 is 0 Å².